The largest absolute Gasteiger partial charge is 0.481 e. The Labute approximate surface area is 147 Å². The highest BCUT2D eigenvalue weighted by molar-refractivity contribution is 5.88. The first-order valence-corrected chi connectivity index (χ1v) is 8.24. The van der Waals surface area contributed by atoms with Crippen molar-refractivity contribution in [3.8, 4) is 0 Å². The Morgan fingerprint density at radius 1 is 0.880 bits per heavy atom. The van der Waals surface area contributed by atoms with E-state index in [1.807, 2.05) is 6.92 Å². The summed E-state index contributed by atoms with van der Waals surface area (Å²) in [5, 5.41) is 17.2. The van der Waals surface area contributed by atoms with E-state index in [-0.39, 0.29) is 38.1 Å². The zero-order valence-electron chi connectivity index (χ0n) is 15.3. The van der Waals surface area contributed by atoms with Gasteiger partial charge in [0.1, 0.15) is 11.2 Å². The molecule has 0 fully saturated rings. The highest BCUT2D eigenvalue weighted by Gasteiger charge is 2.31. The number of Topliss-reactive ketones (excluding diaryl/α,β-unsaturated/α-hetero) is 1. The van der Waals surface area contributed by atoms with Gasteiger partial charge < -0.3 is 19.7 Å². The molecule has 8 nitrogen and oxygen atoms in total. The van der Waals surface area contributed by atoms with Crippen molar-refractivity contribution in [1.82, 2.24) is 0 Å². The van der Waals surface area contributed by atoms with Crippen LogP contribution in [0.15, 0.2) is 0 Å². The molecule has 0 amide bonds. The lowest BCUT2D eigenvalue weighted by Crippen LogP contribution is -2.38. The van der Waals surface area contributed by atoms with Crippen LogP contribution in [-0.4, -0.2) is 51.7 Å². The number of carbonyl (C=O) groups excluding carboxylic acids is 2. The number of esters is 1. The standard InChI is InChI=1S/C17H28O8/c1-5-17(4,25-15(23)9-8-14(21)22)10-11-24-16(2,3)12(18)6-7-13(19)20/h5-11H2,1-4H3,(H,19,20)(H,21,22). The molecule has 1 atom stereocenters. The summed E-state index contributed by atoms with van der Waals surface area (Å²) in [6.45, 7) is 6.82. The van der Waals surface area contributed by atoms with E-state index in [1.165, 1.54) is 0 Å². The molecule has 1 unspecified atom stereocenters. The van der Waals surface area contributed by atoms with Crippen molar-refractivity contribution in [3.05, 3.63) is 0 Å². The number of hydrogen-bond acceptors (Lipinski definition) is 6. The molecule has 0 bridgehead atoms. The molecule has 0 saturated heterocycles. The predicted octanol–water partition coefficient (Wildman–Crippen LogP) is 2.18. The molecule has 0 aliphatic heterocycles. The molecule has 0 aromatic carbocycles. The van der Waals surface area contributed by atoms with Crippen LogP contribution in [0, 0.1) is 0 Å². The Morgan fingerprint density at radius 2 is 1.40 bits per heavy atom. The van der Waals surface area contributed by atoms with Crippen LogP contribution >= 0.6 is 0 Å². The third-order valence-electron chi connectivity index (χ3n) is 3.98. The molecular weight excluding hydrogens is 332 g/mol. The van der Waals surface area contributed by atoms with Crippen molar-refractivity contribution in [2.45, 2.75) is 77.4 Å². The molecule has 0 heterocycles. The van der Waals surface area contributed by atoms with Gasteiger partial charge in [0.15, 0.2) is 5.78 Å². The van der Waals surface area contributed by atoms with E-state index < -0.39 is 29.1 Å². The summed E-state index contributed by atoms with van der Waals surface area (Å²) in [6.07, 6.45) is -0.0251. The fourth-order valence-corrected chi connectivity index (χ4v) is 1.96. The van der Waals surface area contributed by atoms with E-state index in [0.29, 0.717) is 12.8 Å². The molecule has 0 aliphatic rings. The SMILES string of the molecule is CCC(C)(CCOC(C)(C)C(=O)CCC(=O)O)OC(=O)CCC(=O)O. The number of carboxylic acids is 2. The van der Waals surface area contributed by atoms with Crippen LogP contribution in [0.2, 0.25) is 0 Å². The van der Waals surface area contributed by atoms with Crippen molar-refractivity contribution >= 4 is 23.7 Å². The average molecular weight is 360 g/mol. The van der Waals surface area contributed by atoms with Gasteiger partial charge in [-0.1, -0.05) is 6.92 Å². The fraction of sp³-hybridized carbons (Fsp3) is 0.765. The Hall–Kier alpha value is -1.96. The number of carboxylic acid groups (broad SMARTS) is 2. The topological polar surface area (TPSA) is 127 Å². The summed E-state index contributed by atoms with van der Waals surface area (Å²) in [5.41, 5.74) is -1.95. The average Bonchev–Trinajstić information content (AvgIpc) is 2.50. The molecule has 0 aromatic rings. The smallest absolute Gasteiger partial charge is 0.306 e. The van der Waals surface area contributed by atoms with E-state index in [0.717, 1.165) is 0 Å². The lowest BCUT2D eigenvalue weighted by molar-refractivity contribution is -0.164. The van der Waals surface area contributed by atoms with Gasteiger partial charge in [-0.25, -0.2) is 0 Å². The minimum absolute atomic E-state index is 0.114. The van der Waals surface area contributed by atoms with Gasteiger partial charge in [0.2, 0.25) is 0 Å². The quantitative estimate of drug-likeness (QED) is 0.478. The first-order valence-electron chi connectivity index (χ1n) is 8.24. The highest BCUT2D eigenvalue weighted by Crippen LogP contribution is 2.23. The predicted molar refractivity (Wildman–Crippen MR) is 88.2 cm³/mol. The van der Waals surface area contributed by atoms with E-state index >= 15 is 0 Å². The maximum Gasteiger partial charge on any atom is 0.306 e. The van der Waals surface area contributed by atoms with Gasteiger partial charge in [-0.15, -0.1) is 0 Å². The molecule has 0 rings (SSSR count). The van der Waals surface area contributed by atoms with Gasteiger partial charge >= 0.3 is 17.9 Å². The summed E-state index contributed by atoms with van der Waals surface area (Å²) in [5.74, 6) is -3.02. The Bertz CT molecular complexity index is 497. The van der Waals surface area contributed by atoms with Crippen molar-refractivity contribution in [3.63, 3.8) is 0 Å². The van der Waals surface area contributed by atoms with Gasteiger partial charge in [-0.3, -0.25) is 19.2 Å². The Morgan fingerprint density at radius 3 is 1.88 bits per heavy atom. The van der Waals surface area contributed by atoms with E-state index in [2.05, 4.69) is 0 Å². The van der Waals surface area contributed by atoms with Crippen molar-refractivity contribution in [2.24, 2.45) is 0 Å². The Kier molecular flexibility index (Phi) is 9.33. The number of carbonyl (C=O) groups is 4. The third-order valence-corrected chi connectivity index (χ3v) is 3.98. The molecule has 0 radical (unpaired) electrons. The molecular formula is C17H28O8. The second kappa shape index (κ2) is 10.1. The van der Waals surface area contributed by atoms with Crippen LogP contribution in [0.3, 0.4) is 0 Å². The molecule has 8 heteroatoms. The summed E-state index contributed by atoms with van der Waals surface area (Å²) >= 11 is 0. The lowest BCUT2D eigenvalue weighted by atomic mass is 9.97. The van der Waals surface area contributed by atoms with Gasteiger partial charge in [0.05, 0.1) is 25.9 Å². The number of ether oxygens (including phenoxy) is 2. The second-order valence-corrected chi connectivity index (χ2v) is 6.60. The zero-order valence-corrected chi connectivity index (χ0v) is 15.3. The lowest BCUT2D eigenvalue weighted by Gasteiger charge is -2.30. The first kappa shape index (κ1) is 23.0. The highest BCUT2D eigenvalue weighted by atomic mass is 16.6. The van der Waals surface area contributed by atoms with Gasteiger partial charge in [-0.05, 0) is 27.2 Å². The Balaban J connectivity index is 4.48. The zero-order chi connectivity index (χ0) is 19.7. The molecule has 0 saturated carbocycles. The number of rotatable bonds is 13. The molecule has 25 heavy (non-hydrogen) atoms. The van der Waals surface area contributed by atoms with Crippen LogP contribution in [0.1, 0.15) is 66.2 Å². The van der Waals surface area contributed by atoms with Gasteiger partial charge in [-0.2, -0.15) is 0 Å². The summed E-state index contributed by atoms with van der Waals surface area (Å²) < 4.78 is 10.9. The van der Waals surface area contributed by atoms with Crippen molar-refractivity contribution < 1.29 is 38.9 Å². The normalized spacial score (nSPS) is 13.8. The fourth-order valence-electron chi connectivity index (χ4n) is 1.96. The summed E-state index contributed by atoms with van der Waals surface area (Å²) in [6, 6.07) is 0. The van der Waals surface area contributed by atoms with Crippen LogP contribution < -0.4 is 0 Å². The first-order chi connectivity index (χ1) is 11.4. The molecule has 144 valence electrons. The summed E-state index contributed by atoms with van der Waals surface area (Å²) in [7, 11) is 0. The minimum atomic E-state index is -1.13. The monoisotopic (exact) mass is 360 g/mol. The summed E-state index contributed by atoms with van der Waals surface area (Å²) in [4.78, 5) is 44.7. The van der Waals surface area contributed by atoms with Gasteiger partial charge in [0.25, 0.3) is 0 Å². The molecule has 2 N–H and O–H groups in total. The van der Waals surface area contributed by atoms with Gasteiger partial charge in [0, 0.05) is 12.8 Å². The van der Waals surface area contributed by atoms with E-state index in [1.54, 1.807) is 20.8 Å². The minimum Gasteiger partial charge on any atom is -0.481 e. The number of aliphatic carboxylic acids is 2. The van der Waals surface area contributed by atoms with E-state index in [4.69, 9.17) is 19.7 Å². The number of hydrogen-bond donors (Lipinski definition) is 2. The van der Waals surface area contributed by atoms with E-state index in [9.17, 15) is 19.2 Å². The van der Waals surface area contributed by atoms with Crippen molar-refractivity contribution in [2.75, 3.05) is 6.61 Å². The molecule has 0 spiro atoms. The van der Waals surface area contributed by atoms with Crippen LogP contribution in [-0.2, 0) is 28.7 Å². The van der Waals surface area contributed by atoms with Crippen LogP contribution in [0.4, 0.5) is 0 Å². The molecule has 0 aromatic heterocycles. The van der Waals surface area contributed by atoms with Crippen LogP contribution in [0.25, 0.3) is 0 Å². The van der Waals surface area contributed by atoms with Crippen molar-refractivity contribution in [1.29, 1.82) is 0 Å². The second-order valence-electron chi connectivity index (χ2n) is 6.60. The molecule has 0 aliphatic carbocycles. The maximum atomic E-state index is 12.0. The maximum absolute atomic E-state index is 12.0. The van der Waals surface area contributed by atoms with Crippen LogP contribution in [0.5, 0.6) is 0 Å². The third kappa shape index (κ3) is 9.81. The number of ketones is 1.